The summed E-state index contributed by atoms with van der Waals surface area (Å²) < 4.78 is 2.24. The Morgan fingerprint density at radius 1 is 1.19 bits per heavy atom. The van der Waals surface area contributed by atoms with Gasteiger partial charge in [0.05, 0.1) is 17.6 Å². The summed E-state index contributed by atoms with van der Waals surface area (Å²) in [7, 11) is 0. The number of imidazole rings is 1. The van der Waals surface area contributed by atoms with Crippen molar-refractivity contribution in [3.8, 4) is 0 Å². The first-order valence-electron chi connectivity index (χ1n) is 7.17. The lowest BCUT2D eigenvalue weighted by Gasteiger charge is -2.10. The van der Waals surface area contributed by atoms with E-state index in [2.05, 4.69) is 17.6 Å². The van der Waals surface area contributed by atoms with E-state index in [9.17, 15) is 0 Å². The van der Waals surface area contributed by atoms with Crippen LogP contribution in [-0.2, 0) is 13.0 Å². The third-order valence-corrected chi connectivity index (χ3v) is 3.98. The van der Waals surface area contributed by atoms with Gasteiger partial charge in [0.2, 0.25) is 0 Å². The van der Waals surface area contributed by atoms with Gasteiger partial charge in [-0.05, 0) is 36.2 Å². The molecule has 3 aromatic rings. The number of hydrogen-bond acceptors (Lipinski definition) is 2. The Bertz CT molecular complexity index is 777. The first kappa shape index (κ1) is 14.0. The molecule has 0 amide bonds. The summed E-state index contributed by atoms with van der Waals surface area (Å²) in [5, 5.41) is 0.789. The molecule has 1 heterocycles. The fourth-order valence-corrected chi connectivity index (χ4v) is 2.78. The average molecular weight is 300 g/mol. The van der Waals surface area contributed by atoms with Crippen molar-refractivity contribution in [1.29, 1.82) is 0 Å². The molecule has 0 aliphatic heterocycles. The van der Waals surface area contributed by atoms with Gasteiger partial charge in [-0.2, -0.15) is 0 Å². The number of nitrogens with two attached hydrogens (primary N) is 1. The lowest BCUT2D eigenvalue weighted by atomic mass is 10.2. The van der Waals surface area contributed by atoms with Gasteiger partial charge in [0.1, 0.15) is 5.82 Å². The molecule has 0 radical (unpaired) electrons. The smallest absolute Gasteiger partial charge is 0.110 e. The van der Waals surface area contributed by atoms with E-state index in [1.807, 2.05) is 36.4 Å². The van der Waals surface area contributed by atoms with Crippen molar-refractivity contribution in [2.24, 2.45) is 0 Å². The predicted molar refractivity (Wildman–Crippen MR) is 88.7 cm³/mol. The van der Waals surface area contributed by atoms with Gasteiger partial charge in [-0.1, -0.05) is 36.7 Å². The monoisotopic (exact) mass is 299 g/mol. The van der Waals surface area contributed by atoms with Gasteiger partial charge in [-0.25, -0.2) is 4.98 Å². The molecule has 0 saturated carbocycles. The minimum absolute atomic E-state index is 0.732. The molecule has 2 N–H and O–H groups in total. The van der Waals surface area contributed by atoms with Crippen LogP contribution in [0, 0.1) is 0 Å². The average Bonchev–Trinajstić information content (AvgIpc) is 2.79. The van der Waals surface area contributed by atoms with E-state index in [-0.39, 0.29) is 0 Å². The molecule has 21 heavy (non-hydrogen) atoms. The molecule has 0 aliphatic carbocycles. The third-order valence-electron chi connectivity index (χ3n) is 3.61. The van der Waals surface area contributed by atoms with Gasteiger partial charge in [0.15, 0.2) is 0 Å². The molecule has 108 valence electrons. The number of rotatable bonds is 4. The molecule has 0 atom stereocenters. The summed E-state index contributed by atoms with van der Waals surface area (Å²) in [5.41, 5.74) is 9.77. The number of halogens is 1. The van der Waals surface area contributed by atoms with Crippen LogP contribution in [0.3, 0.4) is 0 Å². The molecular formula is C17H18ClN3. The molecule has 0 spiro atoms. The predicted octanol–water partition coefficient (Wildman–Crippen LogP) is 4.27. The second kappa shape index (κ2) is 5.78. The molecule has 1 aromatic heterocycles. The Morgan fingerprint density at radius 3 is 2.76 bits per heavy atom. The van der Waals surface area contributed by atoms with Crippen molar-refractivity contribution in [3.63, 3.8) is 0 Å². The first-order valence-corrected chi connectivity index (χ1v) is 7.55. The highest BCUT2D eigenvalue weighted by Crippen LogP contribution is 2.23. The summed E-state index contributed by atoms with van der Waals surface area (Å²) in [6.07, 6.45) is 2.00. The van der Waals surface area contributed by atoms with Crippen molar-refractivity contribution >= 4 is 28.3 Å². The van der Waals surface area contributed by atoms with Crippen molar-refractivity contribution in [2.45, 2.75) is 26.3 Å². The van der Waals surface area contributed by atoms with Crippen LogP contribution in [0.1, 0.15) is 24.7 Å². The fraction of sp³-hybridized carbons (Fsp3) is 0.235. The van der Waals surface area contributed by atoms with Gasteiger partial charge in [0.25, 0.3) is 0 Å². The minimum atomic E-state index is 0.732. The van der Waals surface area contributed by atoms with Crippen LogP contribution in [-0.4, -0.2) is 9.55 Å². The molecule has 0 bridgehead atoms. The van der Waals surface area contributed by atoms with Crippen LogP contribution < -0.4 is 5.73 Å². The lowest BCUT2D eigenvalue weighted by Crippen LogP contribution is -2.05. The van der Waals surface area contributed by atoms with E-state index in [1.165, 1.54) is 0 Å². The molecule has 0 saturated heterocycles. The van der Waals surface area contributed by atoms with Crippen LogP contribution in [0.5, 0.6) is 0 Å². The minimum Gasteiger partial charge on any atom is -0.399 e. The van der Waals surface area contributed by atoms with Crippen LogP contribution in [0.15, 0.2) is 42.5 Å². The Balaban J connectivity index is 2.11. The summed E-state index contributed by atoms with van der Waals surface area (Å²) in [4.78, 5) is 4.73. The van der Waals surface area contributed by atoms with Crippen LogP contribution >= 0.6 is 11.6 Å². The van der Waals surface area contributed by atoms with Crippen LogP contribution in [0.4, 0.5) is 5.69 Å². The van der Waals surface area contributed by atoms with E-state index in [1.54, 1.807) is 0 Å². The molecule has 2 aromatic carbocycles. The summed E-state index contributed by atoms with van der Waals surface area (Å²) >= 11 is 6.29. The second-order valence-corrected chi connectivity index (χ2v) is 5.61. The van der Waals surface area contributed by atoms with Gasteiger partial charge < -0.3 is 10.3 Å². The quantitative estimate of drug-likeness (QED) is 0.731. The second-order valence-electron chi connectivity index (χ2n) is 5.20. The Labute approximate surface area is 129 Å². The molecule has 0 fully saturated rings. The van der Waals surface area contributed by atoms with E-state index in [0.717, 1.165) is 52.5 Å². The van der Waals surface area contributed by atoms with E-state index >= 15 is 0 Å². The standard InChI is InChI=1S/C17H18ClN3/c1-2-5-17-20-15-10-13(19)8-9-16(15)21(17)11-12-6-3-4-7-14(12)18/h3-4,6-10H,2,5,11,19H2,1H3. The zero-order valence-corrected chi connectivity index (χ0v) is 12.8. The maximum atomic E-state index is 6.29. The van der Waals surface area contributed by atoms with Crippen molar-refractivity contribution in [2.75, 3.05) is 5.73 Å². The zero-order valence-electron chi connectivity index (χ0n) is 12.0. The lowest BCUT2D eigenvalue weighted by molar-refractivity contribution is 0.722. The highest BCUT2D eigenvalue weighted by atomic mass is 35.5. The SMILES string of the molecule is CCCc1nc2cc(N)ccc2n1Cc1ccccc1Cl. The van der Waals surface area contributed by atoms with Crippen molar-refractivity contribution in [3.05, 3.63) is 58.9 Å². The van der Waals surface area contributed by atoms with Gasteiger partial charge in [-0.15, -0.1) is 0 Å². The van der Waals surface area contributed by atoms with Gasteiger partial charge in [-0.3, -0.25) is 0 Å². The molecule has 0 aliphatic rings. The van der Waals surface area contributed by atoms with E-state index in [4.69, 9.17) is 22.3 Å². The number of hydrogen-bond donors (Lipinski definition) is 1. The van der Waals surface area contributed by atoms with Crippen molar-refractivity contribution < 1.29 is 0 Å². The normalized spacial score (nSPS) is 11.1. The number of aryl methyl sites for hydroxylation is 1. The maximum Gasteiger partial charge on any atom is 0.110 e. The Kier molecular flexibility index (Phi) is 3.84. The number of aromatic nitrogens is 2. The third kappa shape index (κ3) is 2.74. The summed E-state index contributed by atoms with van der Waals surface area (Å²) in [6, 6.07) is 13.8. The van der Waals surface area contributed by atoms with E-state index < -0.39 is 0 Å². The molecular weight excluding hydrogens is 282 g/mol. The highest BCUT2D eigenvalue weighted by Gasteiger charge is 2.12. The Morgan fingerprint density at radius 2 is 2.00 bits per heavy atom. The number of benzene rings is 2. The summed E-state index contributed by atoms with van der Waals surface area (Å²) in [6.45, 7) is 2.89. The van der Waals surface area contributed by atoms with Gasteiger partial charge >= 0.3 is 0 Å². The largest absolute Gasteiger partial charge is 0.399 e. The number of fused-ring (bicyclic) bond motifs is 1. The molecule has 0 unspecified atom stereocenters. The summed E-state index contributed by atoms with van der Waals surface area (Å²) in [5.74, 6) is 1.08. The Hall–Kier alpha value is -2.00. The molecule has 4 heteroatoms. The number of anilines is 1. The number of nitrogen functional groups attached to an aromatic ring is 1. The van der Waals surface area contributed by atoms with Crippen LogP contribution in [0.25, 0.3) is 11.0 Å². The topological polar surface area (TPSA) is 43.8 Å². The van der Waals surface area contributed by atoms with Crippen LogP contribution in [0.2, 0.25) is 5.02 Å². The molecule has 3 nitrogen and oxygen atoms in total. The first-order chi connectivity index (χ1) is 10.2. The van der Waals surface area contributed by atoms with E-state index in [0.29, 0.717) is 0 Å². The highest BCUT2D eigenvalue weighted by molar-refractivity contribution is 6.31. The maximum absolute atomic E-state index is 6.29. The zero-order chi connectivity index (χ0) is 14.8. The van der Waals surface area contributed by atoms with Gasteiger partial charge in [0, 0.05) is 17.1 Å². The fourth-order valence-electron chi connectivity index (χ4n) is 2.58. The molecule has 3 rings (SSSR count). The number of nitrogens with zero attached hydrogens (tertiary/aromatic N) is 2. The van der Waals surface area contributed by atoms with Crippen molar-refractivity contribution in [1.82, 2.24) is 9.55 Å².